The van der Waals surface area contributed by atoms with Gasteiger partial charge in [-0.2, -0.15) is 4.98 Å². The third-order valence-corrected chi connectivity index (χ3v) is 5.74. The predicted molar refractivity (Wildman–Crippen MR) is 120 cm³/mol. The van der Waals surface area contributed by atoms with Gasteiger partial charge in [0.1, 0.15) is 6.04 Å². The molecule has 1 aromatic heterocycles. The van der Waals surface area contributed by atoms with E-state index >= 15 is 0 Å². The molecule has 0 N–H and O–H groups in total. The molecule has 33 heavy (non-hydrogen) atoms. The summed E-state index contributed by atoms with van der Waals surface area (Å²) in [4.78, 5) is 19.5. The first kappa shape index (κ1) is 22.4. The second kappa shape index (κ2) is 9.81. The van der Waals surface area contributed by atoms with Gasteiger partial charge >= 0.3 is 0 Å². The molecule has 0 saturated carbocycles. The summed E-state index contributed by atoms with van der Waals surface area (Å²) in [5.41, 5.74) is 1.59. The summed E-state index contributed by atoms with van der Waals surface area (Å²) in [5, 5.41) is 4.13. The first-order chi connectivity index (χ1) is 16.1. The van der Waals surface area contributed by atoms with Crippen LogP contribution in [0.15, 0.2) is 40.9 Å². The molecule has 0 aliphatic carbocycles. The van der Waals surface area contributed by atoms with Gasteiger partial charge in [0.25, 0.3) is 0 Å². The van der Waals surface area contributed by atoms with Crippen LogP contribution in [0.25, 0.3) is 11.4 Å². The van der Waals surface area contributed by atoms with E-state index in [2.05, 4.69) is 10.1 Å². The van der Waals surface area contributed by atoms with Crippen molar-refractivity contribution in [3.8, 4) is 34.4 Å². The number of aromatic nitrogens is 2. The number of carbonyl (C=O) groups is 1. The highest BCUT2D eigenvalue weighted by atomic mass is 16.5. The third kappa shape index (κ3) is 4.57. The highest BCUT2D eigenvalue weighted by molar-refractivity contribution is 5.79. The molecule has 174 valence electrons. The van der Waals surface area contributed by atoms with E-state index in [1.807, 2.05) is 23.1 Å². The van der Waals surface area contributed by atoms with Crippen molar-refractivity contribution in [1.82, 2.24) is 15.0 Å². The van der Waals surface area contributed by atoms with Crippen molar-refractivity contribution in [2.24, 2.45) is 0 Å². The summed E-state index contributed by atoms with van der Waals surface area (Å²) >= 11 is 0. The summed E-state index contributed by atoms with van der Waals surface area (Å²) in [7, 11) is 6.31. The quantitative estimate of drug-likeness (QED) is 0.510. The average molecular weight is 453 g/mol. The van der Waals surface area contributed by atoms with Crippen molar-refractivity contribution in [2.75, 3.05) is 35.0 Å². The van der Waals surface area contributed by atoms with Gasteiger partial charge in [-0.15, -0.1) is 0 Å². The number of likely N-dealkylation sites (tertiary alicyclic amines) is 1. The predicted octanol–water partition coefficient (Wildman–Crippen LogP) is 3.68. The summed E-state index contributed by atoms with van der Waals surface area (Å²) in [6.45, 7) is 0.644. The van der Waals surface area contributed by atoms with Crippen LogP contribution in [0.4, 0.5) is 0 Å². The monoisotopic (exact) mass is 453 g/mol. The molecule has 0 unspecified atom stereocenters. The molecule has 0 spiro atoms. The first-order valence-corrected chi connectivity index (χ1v) is 10.6. The Morgan fingerprint density at radius 1 is 0.970 bits per heavy atom. The van der Waals surface area contributed by atoms with Crippen LogP contribution in [0.2, 0.25) is 0 Å². The van der Waals surface area contributed by atoms with Crippen LogP contribution in [0.1, 0.15) is 30.3 Å². The van der Waals surface area contributed by atoms with E-state index in [0.717, 1.165) is 24.0 Å². The summed E-state index contributed by atoms with van der Waals surface area (Å²) in [5.74, 6) is 3.28. The summed E-state index contributed by atoms with van der Waals surface area (Å²) in [6.07, 6.45) is 1.88. The third-order valence-electron chi connectivity index (χ3n) is 5.74. The number of hydrogen-bond acceptors (Lipinski definition) is 8. The minimum atomic E-state index is -0.251. The Labute approximate surface area is 192 Å². The molecule has 3 aromatic rings. The zero-order valence-corrected chi connectivity index (χ0v) is 19.2. The molecule has 0 bridgehead atoms. The minimum Gasteiger partial charge on any atom is -0.493 e. The largest absolute Gasteiger partial charge is 0.493 e. The van der Waals surface area contributed by atoms with Crippen LogP contribution < -0.4 is 18.9 Å². The number of amides is 1. The molecule has 2 heterocycles. The van der Waals surface area contributed by atoms with Crippen LogP contribution in [0.3, 0.4) is 0 Å². The Bertz CT molecular complexity index is 1130. The highest BCUT2D eigenvalue weighted by Crippen LogP contribution is 2.35. The molecular weight excluding hydrogens is 426 g/mol. The van der Waals surface area contributed by atoms with E-state index in [1.165, 1.54) is 0 Å². The lowest BCUT2D eigenvalue weighted by atomic mass is 10.1. The Morgan fingerprint density at radius 3 is 2.33 bits per heavy atom. The maximum Gasteiger partial charge on any atom is 0.249 e. The molecule has 1 atom stereocenters. The first-order valence-electron chi connectivity index (χ1n) is 10.6. The SMILES string of the molecule is COc1ccc(CC(=O)N2CCC[C@H]2c2nc(-c3ccc(OC)c(OC)c3)no2)cc1OC. The highest BCUT2D eigenvalue weighted by Gasteiger charge is 2.34. The molecule has 9 heteroatoms. The number of carbonyl (C=O) groups excluding carboxylic acids is 1. The van der Waals surface area contributed by atoms with Crippen molar-refractivity contribution in [3.63, 3.8) is 0 Å². The number of hydrogen-bond donors (Lipinski definition) is 0. The van der Waals surface area contributed by atoms with Gasteiger partial charge in [0.05, 0.1) is 34.9 Å². The van der Waals surface area contributed by atoms with Gasteiger partial charge in [-0.05, 0) is 48.7 Å². The molecular formula is C24H27N3O6. The Morgan fingerprint density at radius 2 is 1.64 bits per heavy atom. The van der Waals surface area contributed by atoms with Crippen molar-refractivity contribution in [3.05, 3.63) is 47.9 Å². The van der Waals surface area contributed by atoms with Gasteiger partial charge in [-0.1, -0.05) is 11.2 Å². The standard InChI is InChI=1S/C24H27N3O6/c1-29-18-9-7-15(12-20(18)31-3)13-22(28)27-11-5-6-17(27)24-25-23(26-33-24)16-8-10-19(30-2)21(14-16)32-4/h7-10,12,14,17H,5-6,11,13H2,1-4H3/t17-/m0/s1. The smallest absolute Gasteiger partial charge is 0.249 e. The van der Waals surface area contributed by atoms with E-state index in [9.17, 15) is 4.79 Å². The number of methoxy groups -OCH3 is 4. The van der Waals surface area contributed by atoms with Crippen LogP contribution >= 0.6 is 0 Å². The molecule has 1 aliphatic heterocycles. The lowest BCUT2D eigenvalue weighted by Gasteiger charge is -2.22. The van der Waals surface area contributed by atoms with Gasteiger partial charge in [0.2, 0.25) is 17.6 Å². The van der Waals surface area contributed by atoms with Gasteiger partial charge in [-0.3, -0.25) is 4.79 Å². The van der Waals surface area contributed by atoms with E-state index in [0.29, 0.717) is 41.3 Å². The lowest BCUT2D eigenvalue weighted by Crippen LogP contribution is -2.32. The van der Waals surface area contributed by atoms with Gasteiger partial charge in [0.15, 0.2) is 23.0 Å². The zero-order chi connectivity index (χ0) is 23.4. The second-order valence-corrected chi connectivity index (χ2v) is 7.64. The Hall–Kier alpha value is -3.75. The van der Waals surface area contributed by atoms with Crippen LogP contribution in [-0.4, -0.2) is 55.9 Å². The van der Waals surface area contributed by atoms with E-state index < -0.39 is 0 Å². The second-order valence-electron chi connectivity index (χ2n) is 7.64. The normalized spacial score (nSPS) is 15.4. The van der Waals surface area contributed by atoms with Crippen molar-refractivity contribution < 1.29 is 28.3 Å². The summed E-state index contributed by atoms with van der Waals surface area (Å²) < 4.78 is 26.8. The maximum absolute atomic E-state index is 13.1. The van der Waals surface area contributed by atoms with Gasteiger partial charge < -0.3 is 28.4 Å². The zero-order valence-electron chi connectivity index (χ0n) is 19.2. The summed E-state index contributed by atoms with van der Waals surface area (Å²) in [6, 6.07) is 10.7. The van der Waals surface area contributed by atoms with Crippen molar-refractivity contribution in [2.45, 2.75) is 25.3 Å². The molecule has 4 rings (SSSR count). The van der Waals surface area contributed by atoms with Gasteiger partial charge in [-0.25, -0.2) is 0 Å². The Kier molecular flexibility index (Phi) is 6.67. The number of rotatable bonds is 8. The average Bonchev–Trinajstić information content (AvgIpc) is 3.53. The number of benzene rings is 2. The number of nitrogens with zero attached hydrogens (tertiary/aromatic N) is 3. The van der Waals surface area contributed by atoms with Gasteiger partial charge in [0, 0.05) is 12.1 Å². The molecule has 9 nitrogen and oxygen atoms in total. The lowest BCUT2D eigenvalue weighted by molar-refractivity contribution is -0.131. The van der Waals surface area contributed by atoms with Crippen LogP contribution in [-0.2, 0) is 11.2 Å². The van der Waals surface area contributed by atoms with E-state index in [4.69, 9.17) is 23.5 Å². The molecule has 0 radical (unpaired) electrons. The molecule has 1 amide bonds. The fourth-order valence-corrected chi connectivity index (χ4v) is 4.05. The van der Waals surface area contributed by atoms with Crippen molar-refractivity contribution in [1.29, 1.82) is 0 Å². The molecule has 1 saturated heterocycles. The van der Waals surface area contributed by atoms with Crippen LogP contribution in [0, 0.1) is 0 Å². The van der Waals surface area contributed by atoms with E-state index in [-0.39, 0.29) is 18.4 Å². The Balaban J connectivity index is 1.51. The molecule has 1 fully saturated rings. The fraction of sp³-hybridized carbons (Fsp3) is 0.375. The van der Waals surface area contributed by atoms with Crippen LogP contribution in [0.5, 0.6) is 23.0 Å². The minimum absolute atomic E-state index is 0.00409. The maximum atomic E-state index is 13.1. The fourth-order valence-electron chi connectivity index (χ4n) is 4.05. The van der Waals surface area contributed by atoms with Crippen molar-refractivity contribution >= 4 is 5.91 Å². The topological polar surface area (TPSA) is 96.2 Å². The van der Waals surface area contributed by atoms with E-state index in [1.54, 1.807) is 46.6 Å². The molecule has 2 aromatic carbocycles. The molecule has 1 aliphatic rings. The number of ether oxygens (including phenoxy) is 4.